The number of rotatable bonds is 12. The molecule has 44 heavy (non-hydrogen) atoms. The van der Waals surface area contributed by atoms with Crippen LogP contribution in [0.15, 0.2) is 46.8 Å². The Morgan fingerprint density at radius 2 is 1.52 bits per heavy atom. The summed E-state index contributed by atoms with van der Waals surface area (Å²) in [6, 6.07) is 7.85. The lowest BCUT2D eigenvalue weighted by atomic mass is 9.81. The number of allylic oxidation sites excluding steroid dienone is 1. The number of aliphatic hydroxyl groups is 1. The summed E-state index contributed by atoms with van der Waals surface area (Å²) in [5.74, 6) is -0.423. The van der Waals surface area contributed by atoms with Gasteiger partial charge in [0.1, 0.15) is 5.58 Å². The van der Waals surface area contributed by atoms with Crippen molar-refractivity contribution < 1.29 is 52.2 Å². The van der Waals surface area contributed by atoms with Crippen LogP contribution < -0.4 is 0 Å². The quantitative estimate of drug-likeness (QED) is 0.352. The van der Waals surface area contributed by atoms with E-state index in [1.54, 1.807) is 11.2 Å². The standard InChI is InChI=1S/C32H47NO11/c1-2-42-32-26(7-11-36-15-18-39-14-10-34)27(28-24-43-29-6-4-3-5-25(28)29)23-30(44-32)31(35)33-8-12-37-16-19-40-21-22-41-20-17-38-13-9-33/h3-6,23-24,26-27,32,34H,2,7-22H2,1H3/t26?,27-,32?/m1/s1. The molecule has 0 aliphatic carbocycles. The molecule has 0 radical (unpaired) electrons. The average Bonchev–Trinajstić information content (AvgIpc) is 3.47. The summed E-state index contributed by atoms with van der Waals surface area (Å²) in [4.78, 5) is 15.7. The fourth-order valence-corrected chi connectivity index (χ4v) is 5.23. The highest BCUT2D eigenvalue weighted by Crippen LogP contribution is 2.42. The van der Waals surface area contributed by atoms with Gasteiger partial charge in [-0.15, -0.1) is 0 Å². The van der Waals surface area contributed by atoms with Crippen molar-refractivity contribution >= 4 is 16.9 Å². The zero-order chi connectivity index (χ0) is 30.8. The van der Waals surface area contributed by atoms with Crippen molar-refractivity contribution in [3.05, 3.63) is 47.9 Å². The van der Waals surface area contributed by atoms with Crippen LogP contribution >= 0.6 is 0 Å². The third kappa shape index (κ3) is 10.5. The Hall–Kier alpha value is -2.55. The number of furan rings is 1. The average molecular weight is 622 g/mol. The number of nitrogens with zero attached hydrogens (tertiary/aromatic N) is 1. The van der Waals surface area contributed by atoms with E-state index in [4.69, 9.17) is 47.4 Å². The van der Waals surface area contributed by atoms with Gasteiger partial charge in [-0.3, -0.25) is 4.79 Å². The van der Waals surface area contributed by atoms with E-state index >= 15 is 0 Å². The Balaban J connectivity index is 1.54. The van der Waals surface area contributed by atoms with Crippen molar-refractivity contribution in [2.24, 2.45) is 5.92 Å². The third-order valence-corrected chi connectivity index (χ3v) is 7.41. The molecule has 4 rings (SSSR count). The molecule has 0 saturated carbocycles. The molecular formula is C32H47NO11. The van der Waals surface area contributed by atoms with Gasteiger partial charge >= 0.3 is 0 Å². The van der Waals surface area contributed by atoms with Crippen molar-refractivity contribution in [3.63, 3.8) is 0 Å². The molecule has 0 bridgehead atoms. The van der Waals surface area contributed by atoms with Gasteiger partial charge < -0.3 is 52.3 Å². The Morgan fingerprint density at radius 1 is 0.886 bits per heavy atom. The fraction of sp³-hybridized carbons (Fsp3) is 0.656. The minimum atomic E-state index is -0.679. The monoisotopic (exact) mass is 621 g/mol. The molecule has 1 fully saturated rings. The van der Waals surface area contributed by atoms with E-state index in [2.05, 4.69) is 0 Å². The van der Waals surface area contributed by atoms with Gasteiger partial charge in [-0.2, -0.15) is 0 Å². The zero-order valence-corrected chi connectivity index (χ0v) is 25.7. The molecule has 2 unspecified atom stereocenters. The number of aliphatic hydroxyl groups excluding tert-OH is 1. The molecule has 12 heteroatoms. The van der Waals surface area contributed by atoms with E-state index in [1.165, 1.54) is 0 Å². The van der Waals surface area contributed by atoms with E-state index < -0.39 is 6.29 Å². The lowest BCUT2D eigenvalue weighted by Crippen LogP contribution is -2.43. The lowest BCUT2D eigenvalue weighted by Gasteiger charge is -2.37. The second kappa shape index (κ2) is 19.8. The first-order chi connectivity index (χ1) is 21.7. The Morgan fingerprint density at radius 3 is 2.18 bits per heavy atom. The molecule has 3 heterocycles. The van der Waals surface area contributed by atoms with E-state index in [0.29, 0.717) is 98.8 Å². The molecule has 1 amide bonds. The Kier molecular flexibility index (Phi) is 15.4. The van der Waals surface area contributed by atoms with E-state index in [-0.39, 0.29) is 36.7 Å². The van der Waals surface area contributed by atoms with Crippen LogP contribution in [0, 0.1) is 5.92 Å². The predicted molar refractivity (Wildman–Crippen MR) is 160 cm³/mol. The highest BCUT2D eigenvalue weighted by atomic mass is 16.7. The van der Waals surface area contributed by atoms with Crippen LogP contribution in [0.1, 0.15) is 24.8 Å². The smallest absolute Gasteiger partial charge is 0.288 e. The first-order valence-corrected chi connectivity index (χ1v) is 15.6. The van der Waals surface area contributed by atoms with E-state index in [0.717, 1.165) is 16.5 Å². The topological polar surface area (TPSA) is 128 Å². The number of benzene rings is 1. The summed E-state index contributed by atoms with van der Waals surface area (Å²) in [6.45, 7) is 8.03. The van der Waals surface area contributed by atoms with Crippen LogP contribution in [-0.2, 0) is 42.7 Å². The molecule has 12 nitrogen and oxygen atoms in total. The van der Waals surface area contributed by atoms with E-state index in [9.17, 15) is 4.79 Å². The minimum absolute atomic E-state index is 0.0232. The van der Waals surface area contributed by atoms with Crippen LogP contribution in [0.25, 0.3) is 11.0 Å². The maximum Gasteiger partial charge on any atom is 0.288 e. The number of ether oxygens (including phenoxy) is 8. The van der Waals surface area contributed by atoms with Gasteiger partial charge in [0.05, 0.1) is 85.5 Å². The first kappa shape index (κ1) is 34.3. The summed E-state index contributed by atoms with van der Waals surface area (Å²) < 4.78 is 52.0. The SMILES string of the molecule is CCOC1OC(C(=O)N2CCOCCOCCOCCOCC2)=C[C@@H](c2coc3ccccc23)C1CCOCCOCCO. The zero-order valence-electron chi connectivity index (χ0n) is 25.7. The van der Waals surface area contributed by atoms with Crippen LogP contribution in [0.2, 0.25) is 0 Å². The summed E-state index contributed by atoms with van der Waals surface area (Å²) in [6.07, 6.45) is 3.59. The summed E-state index contributed by atoms with van der Waals surface area (Å²) >= 11 is 0. The predicted octanol–water partition coefficient (Wildman–Crippen LogP) is 2.73. The Bertz CT molecular complexity index is 1110. The van der Waals surface area contributed by atoms with Gasteiger partial charge in [-0.05, 0) is 25.5 Å². The molecule has 0 spiro atoms. The summed E-state index contributed by atoms with van der Waals surface area (Å²) in [5, 5.41) is 9.88. The molecule has 1 aromatic carbocycles. The molecule has 3 atom stereocenters. The molecule has 2 aliphatic heterocycles. The van der Waals surface area contributed by atoms with Gasteiger partial charge in [0.15, 0.2) is 5.76 Å². The van der Waals surface area contributed by atoms with Crippen molar-refractivity contribution in [1.82, 2.24) is 4.90 Å². The summed E-state index contributed by atoms with van der Waals surface area (Å²) in [7, 11) is 0. The number of carbonyl (C=O) groups is 1. The van der Waals surface area contributed by atoms with Crippen LogP contribution in [-0.4, -0.2) is 128 Å². The normalized spacial score (nSPS) is 23.0. The van der Waals surface area contributed by atoms with Crippen molar-refractivity contribution in [2.45, 2.75) is 25.6 Å². The van der Waals surface area contributed by atoms with Gasteiger partial charge in [0, 0.05) is 49.1 Å². The third-order valence-electron chi connectivity index (χ3n) is 7.41. The van der Waals surface area contributed by atoms with E-state index in [1.807, 2.05) is 37.3 Å². The Labute approximate surface area is 259 Å². The summed E-state index contributed by atoms with van der Waals surface area (Å²) in [5.41, 5.74) is 1.73. The number of hydrogen-bond donors (Lipinski definition) is 1. The number of amides is 1. The second-order valence-electron chi connectivity index (χ2n) is 10.3. The van der Waals surface area contributed by atoms with Gasteiger partial charge in [-0.1, -0.05) is 18.2 Å². The van der Waals surface area contributed by atoms with Crippen LogP contribution in [0.4, 0.5) is 0 Å². The maximum atomic E-state index is 14.0. The molecule has 246 valence electrons. The molecule has 1 aromatic heterocycles. The first-order valence-electron chi connectivity index (χ1n) is 15.6. The van der Waals surface area contributed by atoms with Crippen molar-refractivity contribution in [3.8, 4) is 0 Å². The lowest BCUT2D eigenvalue weighted by molar-refractivity contribution is -0.172. The maximum absolute atomic E-state index is 14.0. The van der Waals surface area contributed by atoms with Gasteiger partial charge in [0.25, 0.3) is 5.91 Å². The second-order valence-corrected chi connectivity index (χ2v) is 10.3. The van der Waals surface area contributed by atoms with Crippen molar-refractivity contribution in [2.75, 3.05) is 106 Å². The molecule has 1 saturated heterocycles. The largest absolute Gasteiger partial charge is 0.464 e. The van der Waals surface area contributed by atoms with Crippen LogP contribution in [0.3, 0.4) is 0 Å². The van der Waals surface area contributed by atoms with Crippen LogP contribution in [0.5, 0.6) is 0 Å². The highest BCUT2D eigenvalue weighted by Gasteiger charge is 2.40. The number of fused-ring (bicyclic) bond motifs is 1. The fourth-order valence-electron chi connectivity index (χ4n) is 5.23. The molecule has 2 aromatic rings. The van der Waals surface area contributed by atoms with Crippen molar-refractivity contribution in [1.29, 1.82) is 0 Å². The number of hydrogen-bond acceptors (Lipinski definition) is 11. The minimum Gasteiger partial charge on any atom is -0.464 e. The highest BCUT2D eigenvalue weighted by molar-refractivity contribution is 5.92. The molecule has 2 aliphatic rings. The number of para-hydroxylation sites is 1. The molecule has 1 N–H and O–H groups in total. The number of carbonyl (C=O) groups excluding carboxylic acids is 1. The van der Waals surface area contributed by atoms with Gasteiger partial charge in [0.2, 0.25) is 6.29 Å². The molecular weight excluding hydrogens is 574 g/mol. The van der Waals surface area contributed by atoms with Gasteiger partial charge in [-0.25, -0.2) is 0 Å².